The van der Waals surface area contributed by atoms with E-state index < -0.39 is 16.3 Å². The van der Waals surface area contributed by atoms with Crippen molar-refractivity contribution < 1.29 is 9.48 Å². The lowest BCUT2D eigenvalue weighted by Crippen LogP contribution is -2.22. The fourth-order valence-electron chi connectivity index (χ4n) is 0.936. The van der Waals surface area contributed by atoms with Crippen LogP contribution < -0.4 is 0 Å². The highest BCUT2D eigenvalue weighted by molar-refractivity contribution is 9.10. The largest absolute Gasteiger partial charge is 0.593 e. The molecule has 0 saturated heterocycles. The average molecular weight is 293 g/mol. The van der Waals surface area contributed by atoms with Crippen molar-refractivity contribution in [1.82, 2.24) is 4.31 Å². The summed E-state index contributed by atoms with van der Waals surface area (Å²) >= 11 is 1.81. The van der Waals surface area contributed by atoms with Crippen molar-refractivity contribution in [3.05, 3.63) is 32.8 Å². The average Bonchev–Trinajstić information content (AvgIpc) is 2.16. The Morgan fingerprint density at radius 1 is 1.47 bits per heavy atom. The number of nitrogens with zero attached hydrogens (tertiary/aromatic N) is 2. The third kappa shape index (κ3) is 2.91. The van der Waals surface area contributed by atoms with Crippen LogP contribution in [-0.2, 0) is 11.4 Å². The molecule has 0 N–H and O–H groups in total. The zero-order valence-corrected chi connectivity index (χ0v) is 10.5. The van der Waals surface area contributed by atoms with Gasteiger partial charge in [0.15, 0.2) is 4.90 Å². The van der Waals surface area contributed by atoms with Gasteiger partial charge in [-0.15, -0.1) is 4.31 Å². The molecule has 1 atom stereocenters. The Bertz CT molecular complexity index is 386. The Morgan fingerprint density at radius 2 is 2.07 bits per heavy atom. The van der Waals surface area contributed by atoms with Crippen molar-refractivity contribution in [1.29, 1.82) is 0 Å². The topological polar surface area (TPSA) is 69.4 Å². The number of hydrogen-bond donors (Lipinski definition) is 0. The molecule has 1 aromatic carbocycles. The standard InChI is InChI=1S/C8H9BrN2O3S/c1-10(2)15(14)8-5-6(11(12)13)3-4-7(8)9/h3-5H,1-2H3. The molecule has 15 heavy (non-hydrogen) atoms. The van der Waals surface area contributed by atoms with Gasteiger partial charge in [-0.3, -0.25) is 10.1 Å². The molecule has 0 aliphatic carbocycles. The van der Waals surface area contributed by atoms with Gasteiger partial charge in [0.05, 0.1) is 26.8 Å². The number of halogens is 1. The molecule has 0 bridgehead atoms. The molecule has 0 heterocycles. The van der Waals surface area contributed by atoms with Crippen molar-refractivity contribution in [2.45, 2.75) is 4.90 Å². The van der Waals surface area contributed by atoms with Gasteiger partial charge in [0.2, 0.25) is 0 Å². The van der Waals surface area contributed by atoms with Crippen LogP contribution >= 0.6 is 15.9 Å². The molecule has 0 amide bonds. The summed E-state index contributed by atoms with van der Waals surface area (Å²) in [6.45, 7) is 0. The number of benzene rings is 1. The van der Waals surface area contributed by atoms with E-state index in [4.69, 9.17) is 0 Å². The maximum atomic E-state index is 11.7. The van der Waals surface area contributed by atoms with Gasteiger partial charge >= 0.3 is 0 Å². The first-order chi connectivity index (χ1) is 6.93. The van der Waals surface area contributed by atoms with Crippen molar-refractivity contribution in [2.24, 2.45) is 0 Å². The molecule has 0 aromatic heterocycles. The molecule has 0 aliphatic rings. The van der Waals surface area contributed by atoms with Gasteiger partial charge in [-0.05, 0) is 22.0 Å². The lowest BCUT2D eigenvalue weighted by atomic mass is 10.3. The van der Waals surface area contributed by atoms with Crippen LogP contribution in [0.2, 0.25) is 0 Å². The molecule has 1 rings (SSSR count). The molecule has 0 fully saturated rings. The minimum absolute atomic E-state index is 0.0663. The Hall–Kier alpha value is -0.630. The number of rotatable bonds is 3. The van der Waals surface area contributed by atoms with Crippen LogP contribution in [0.3, 0.4) is 0 Å². The lowest BCUT2D eigenvalue weighted by Gasteiger charge is -2.15. The van der Waals surface area contributed by atoms with E-state index in [0.717, 1.165) is 0 Å². The van der Waals surface area contributed by atoms with Crippen LogP contribution in [0.15, 0.2) is 27.6 Å². The summed E-state index contributed by atoms with van der Waals surface area (Å²) < 4.78 is 13.8. The molecular formula is C8H9BrN2O3S. The summed E-state index contributed by atoms with van der Waals surface area (Å²) in [5, 5.41) is 10.5. The van der Waals surface area contributed by atoms with E-state index in [9.17, 15) is 14.7 Å². The van der Waals surface area contributed by atoms with E-state index in [-0.39, 0.29) is 5.69 Å². The Balaban J connectivity index is 3.16. The second kappa shape index (κ2) is 4.93. The second-order valence-electron chi connectivity index (χ2n) is 2.93. The SMILES string of the molecule is CN(C)[S+]([O-])c1cc([N+](=O)[O-])ccc1Br. The van der Waals surface area contributed by atoms with Gasteiger partial charge in [0.1, 0.15) is 0 Å². The first-order valence-corrected chi connectivity index (χ1v) is 5.86. The quantitative estimate of drug-likeness (QED) is 0.485. The van der Waals surface area contributed by atoms with Crippen molar-refractivity contribution in [3.63, 3.8) is 0 Å². The molecular weight excluding hydrogens is 284 g/mol. The first-order valence-electron chi connectivity index (χ1n) is 3.96. The molecule has 1 unspecified atom stereocenters. The molecule has 0 saturated carbocycles. The predicted molar refractivity (Wildman–Crippen MR) is 60.9 cm³/mol. The van der Waals surface area contributed by atoms with Crippen LogP contribution in [0.5, 0.6) is 0 Å². The van der Waals surface area contributed by atoms with E-state index >= 15 is 0 Å². The van der Waals surface area contributed by atoms with Crippen LogP contribution in [-0.4, -0.2) is 27.9 Å². The maximum absolute atomic E-state index is 11.7. The lowest BCUT2D eigenvalue weighted by molar-refractivity contribution is -0.385. The van der Waals surface area contributed by atoms with Crippen molar-refractivity contribution in [3.8, 4) is 0 Å². The number of non-ortho nitro benzene ring substituents is 1. The second-order valence-corrected chi connectivity index (χ2v) is 5.46. The van der Waals surface area contributed by atoms with Gasteiger partial charge in [0.25, 0.3) is 5.69 Å². The molecule has 5 nitrogen and oxygen atoms in total. The van der Waals surface area contributed by atoms with E-state index in [1.807, 2.05) is 0 Å². The first kappa shape index (κ1) is 12.4. The van der Waals surface area contributed by atoms with Crippen molar-refractivity contribution >= 4 is 33.0 Å². The molecule has 0 spiro atoms. The smallest absolute Gasteiger partial charge is 0.274 e. The summed E-state index contributed by atoms with van der Waals surface area (Å²) in [5.74, 6) is 0. The third-order valence-electron chi connectivity index (χ3n) is 1.65. The highest BCUT2D eigenvalue weighted by Crippen LogP contribution is 2.27. The predicted octanol–water partition coefficient (Wildman–Crippen LogP) is 1.94. The van der Waals surface area contributed by atoms with Gasteiger partial charge in [0, 0.05) is 20.2 Å². The highest BCUT2D eigenvalue weighted by atomic mass is 79.9. The summed E-state index contributed by atoms with van der Waals surface area (Å²) in [5.41, 5.74) is -0.0663. The van der Waals surface area contributed by atoms with Gasteiger partial charge in [-0.1, -0.05) is 0 Å². The summed E-state index contributed by atoms with van der Waals surface area (Å²) in [7, 11) is 3.28. The summed E-state index contributed by atoms with van der Waals surface area (Å²) in [4.78, 5) is 10.4. The summed E-state index contributed by atoms with van der Waals surface area (Å²) in [6, 6.07) is 4.19. The fraction of sp³-hybridized carbons (Fsp3) is 0.250. The van der Waals surface area contributed by atoms with Crippen LogP contribution in [0.25, 0.3) is 0 Å². The van der Waals surface area contributed by atoms with E-state index in [1.54, 1.807) is 14.1 Å². The van der Waals surface area contributed by atoms with Gasteiger partial charge in [-0.2, -0.15) is 0 Å². The minimum Gasteiger partial charge on any atom is -0.593 e. The molecule has 1 aromatic rings. The van der Waals surface area contributed by atoms with E-state index in [2.05, 4.69) is 15.9 Å². The minimum atomic E-state index is -1.39. The molecule has 7 heteroatoms. The monoisotopic (exact) mass is 292 g/mol. The zero-order chi connectivity index (χ0) is 11.6. The molecule has 0 radical (unpaired) electrons. The molecule has 82 valence electrons. The maximum Gasteiger partial charge on any atom is 0.274 e. The van der Waals surface area contributed by atoms with Crippen LogP contribution in [0.1, 0.15) is 0 Å². The number of nitro benzene ring substituents is 1. The van der Waals surface area contributed by atoms with E-state index in [1.165, 1.54) is 22.5 Å². The summed E-state index contributed by atoms with van der Waals surface area (Å²) in [6.07, 6.45) is 0. The third-order valence-corrected chi connectivity index (χ3v) is 3.98. The van der Waals surface area contributed by atoms with Gasteiger partial charge < -0.3 is 4.55 Å². The number of nitro groups is 1. The number of hydrogen-bond acceptors (Lipinski definition) is 4. The Morgan fingerprint density at radius 3 is 2.53 bits per heavy atom. The highest BCUT2D eigenvalue weighted by Gasteiger charge is 2.21. The zero-order valence-electron chi connectivity index (χ0n) is 8.14. The normalized spacial score (nSPS) is 12.9. The van der Waals surface area contributed by atoms with Gasteiger partial charge in [-0.25, -0.2) is 0 Å². The van der Waals surface area contributed by atoms with Crippen LogP contribution in [0.4, 0.5) is 5.69 Å². The Kier molecular flexibility index (Phi) is 4.09. The van der Waals surface area contributed by atoms with Crippen molar-refractivity contribution in [2.75, 3.05) is 14.1 Å². The Labute approximate surface area is 98.7 Å². The fourth-order valence-corrected chi connectivity index (χ4v) is 2.45. The molecule has 0 aliphatic heterocycles. The van der Waals surface area contributed by atoms with Crippen LogP contribution in [0, 0.1) is 10.1 Å². The van der Waals surface area contributed by atoms with E-state index in [0.29, 0.717) is 9.37 Å².